The molecule has 0 fully saturated rings. The molecule has 0 amide bonds. The number of thioether (sulfide) groups is 1. The van der Waals surface area contributed by atoms with E-state index in [4.69, 9.17) is 13.9 Å². The number of carbonyl (C=O) groups is 1. The number of carbonyl (C=O) groups excluding carboxylic acids is 1. The SMILES string of the molecule is COC(=O)C(C)Sc1nnc(-c2ccc(OC)c(OC)c2)o1. The molecule has 118 valence electrons. The molecule has 1 atom stereocenters. The largest absolute Gasteiger partial charge is 0.493 e. The average molecular weight is 324 g/mol. The molecular formula is C14H16N2O5S. The molecule has 0 N–H and O–H groups in total. The Hall–Kier alpha value is -2.22. The zero-order valence-electron chi connectivity index (χ0n) is 12.7. The first-order valence-electron chi connectivity index (χ1n) is 6.39. The molecule has 0 bridgehead atoms. The van der Waals surface area contributed by atoms with Crippen molar-refractivity contribution in [3.05, 3.63) is 18.2 Å². The lowest BCUT2D eigenvalue weighted by Crippen LogP contribution is -2.14. The van der Waals surface area contributed by atoms with Gasteiger partial charge in [-0.2, -0.15) is 0 Å². The van der Waals surface area contributed by atoms with Gasteiger partial charge in [0.1, 0.15) is 5.25 Å². The van der Waals surface area contributed by atoms with Crippen LogP contribution in [0.2, 0.25) is 0 Å². The molecule has 0 aliphatic heterocycles. The number of aromatic nitrogens is 2. The number of esters is 1. The van der Waals surface area contributed by atoms with Gasteiger partial charge >= 0.3 is 5.97 Å². The summed E-state index contributed by atoms with van der Waals surface area (Å²) >= 11 is 1.14. The third-order valence-electron chi connectivity index (χ3n) is 2.85. The smallest absolute Gasteiger partial charge is 0.319 e. The van der Waals surface area contributed by atoms with Gasteiger partial charge in [-0.05, 0) is 25.1 Å². The second-order valence-corrected chi connectivity index (χ2v) is 5.52. The van der Waals surface area contributed by atoms with Crippen LogP contribution < -0.4 is 9.47 Å². The molecule has 2 aromatic rings. The van der Waals surface area contributed by atoms with Crippen LogP contribution >= 0.6 is 11.8 Å². The second kappa shape index (κ2) is 7.17. The summed E-state index contributed by atoms with van der Waals surface area (Å²) in [5.41, 5.74) is 0.697. The van der Waals surface area contributed by atoms with Crippen LogP contribution in [-0.4, -0.2) is 42.7 Å². The summed E-state index contributed by atoms with van der Waals surface area (Å²) in [6.45, 7) is 1.71. The molecule has 1 aromatic carbocycles. The number of hydrogen-bond donors (Lipinski definition) is 0. The van der Waals surface area contributed by atoms with Crippen molar-refractivity contribution in [2.75, 3.05) is 21.3 Å². The molecular weight excluding hydrogens is 308 g/mol. The molecule has 0 saturated carbocycles. The van der Waals surface area contributed by atoms with Crippen molar-refractivity contribution < 1.29 is 23.4 Å². The summed E-state index contributed by atoms with van der Waals surface area (Å²) in [6.07, 6.45) is 0. The number of methoxy groups -OCH3 is 3. The van der Waals surface area contributed by atoms with Gasteiger partial charge in [-0.3, -0.25) is 4.79 Å². The maximum absolute atomic E-state index is 11.4. The van der Waals surface area contributed by atoms with Crippen LogP contribution in [0, 0.1) is 0 Å². The van der Waals surface area contributed by atoms with E-state index in [1.54, 1.807) is 39.3 Å². The van der Waals surface area contributed by atoms with Crippen LogP contribution in [-0.2, 0) is 9.53 Å². The number of nitrogens with zero attached hydrogens (tertiary/aromatic N) is 2. The maximum atomic E-state index is 11.4. The summed E-state index contributed by atoms with van der Waals surface area (Å²) in [5, 5.41) is 7.75. The van der Waals surface area contributed by atoms with Crippen molar-refractivity contribution in [3.63, 3.8) is 0 Å². The zero-order chi connectivity index (χ0) is 16.1. The fraction of sp³-hybridized carbons (Fsp3) is 0.357. The van der Waals surface area contributed by atoms with Gasteiger partial charge in [0.2, 0.25) is 5.89 Å². The first-order chi connectivity index (χ1) is 10.6. The van der Waals surface area contributed by atoms with E-state index in [9.17, 15) is 4.79 Å². The minimum Gasteiger partial charge on any atom is -0.493 e. The van der Waals surface area contributed by atoms with Crippen LogP contribution in [0.15, 0.2) is 27.8 Å². The van der Waals surface area contributed by atoms with Crippen LogP contribution in [0.1, 0.15) is 6.92 Å². The highest BCUT2D eigenvalue weighted by Gasteiger charge is 2.19. The van der Waals surface area contributed by atoms with Gasteiger partial charge in [-0.25, -0.2) is 0 Å². The molecule has 0 radical (unpaired) electrons. The number of ether oxygens (including phenoxy) is 3. The van der Waals surface area contributed by atoms with Crippen LogP contribution in [0.25, 0.3) is 11.5 Å². The summed E-state index contributed by atoms with van der Waals surface area (Å²) in [6, 6.07) is 5.28. The monoisotopic (exact) mass is 324 g/mol. The average Bonchev–Trinajstić information content (AvgIpc) is 3.01. The predicted molar refractivity (Wildman–Crippen MR) is 80.2 cm³/mol. The van der Waals surface area contributed by atoms with Gasteiger partial charge in [0.05, 0.1) is 21.3 Å². The number of benzene rings is 1. The summed E-state index contributed by atoms with van der Waals surface area (Å²) in [4.78, 5) is 11.4. The Labute approximate surface area is 132 Å². The van der Waals surface area contributed by atoms with E-state index in [1.807, 2.05) is 0 Å². The van der Waals surface area contributed by atoms with Crippen molar-refractivity contribution >= 4 is 17.7 Å². The topological polar surface area (TPSA) is 83.7 Å². The number of hydrogen-bond acceptors (Lipinski definition) is 8. The summed E-state index contributed by atoms with van der Waals surface area (Å²) in [7, 11) is 4.45. The molecule has 0 spiro atoms. The predicted octanol–water partition coefficient (Wildman–Crippen LogP) is 2.41. The molecule has 1 heterocycles. The molecule has 7 nitrogen and oxygen atoms in total. The van der Waals surface area contributed by atoms with Gasteiger partial charge < -0.3 is 18.6 Å². The van der Waals surface area contributed by atoms with E-state index < -0.39 is 5.25 Å². The molecule has 22 heavy (non-hydrogen) atoms. The first-order valence-corrected chi connectivity index (χ1v) is 7.27. The van der Waals surface area contributed by atoms with Gasteiger partial charge in [-0.15, -0.1) is 10.2 Å². The maximum Gasteiger partial charge on any atom is 0.319 e. The quantitative estimate of drug-likeness (QED) is 0.591. The fourth-order valence-corrected chi connectivity index (χ4v) is 2.42. The van der Waals surface area contributed by atoms with Crippen molar-refractivity contribution in [1.82, 2.24) is 10.2 Å². The van der Waals surface area contributed by atoms with E-state index in [-0.39, 0.29) is 5.97 Å². The van der Waals surface area contributed by atoms with E-state index in [0.29, 0.717) is 28.2 Å². The Morgan fingerprint density at radius 3 is 2.55 bits per heavy atom. The minimum atomic E-state index is -0.427. The van der Waals surface area contributed by atoms with Gasteiger partial charge in [0.15, 0.2) is 11.5 Å². The molecule has 1 aromatic heterocycles. The van der Waals surface area contributed by atoms with Crippen molar-refractivity contribution in [3.8, 4) is 23.0 Å². The van der Waals surface area contributed by atoms with Crippen LogP contribution in [0.5, 0.6) is 11.5 Å². The summed E-state index contributed by atoms with van der Waals surface area (Å²) in [5.74, 6) is 1.16. The highest BCUT2D eigenvalue weighted by molar-refractivity contribution is 8.00. The molecule has 2 rings (SSSR count). The molecule has 8 heteroatoms. The normalized spacial score (nSPS) is 11.8. The minimum absolute atomic E-state index is 0.294. The standard InChI is InChI=1S/C14H16N2O5S/c1-8(13(17)20-4)22-14-16-15-12(21-14)9-5-6-10(18-2)11(7-9)19-3/h5-8H,1-4H3. The van der Waals surface area contributed by atoms with Crippen LogP contribution in [0.3, 0.4) is 0 Å². The van der Waals surface area contributed by atoms with E-state index in [2.05, 4.69) is 14.9 Å². The van der Waals surface area contributed by atoms with Gasteiger partial charge in [0, 0.05) is 5.56 Å². The van der Waals surface area contributed by atoms with E-state index in [0.717, 1.165) is 11.8 Å². The Kier molecular flexibility index (Phi) is 5.26. The van der Waals surface area contributed by atoms with Crippen molar-refractivity contribution in [2.24, 2.45) is 0 Å². The highest BCUT2D eigenvalue weighted by Crippen LogP contribution is 2.33. The summed E-state index contributed by atoms with van der Waals surface area (Å²) < 4.78 is 20.6. The van der Waals surface area contributed by atoms with Crippen molar-refractivity contribution in [1.29, 1.82) is 0 Å². The third kappa shape index (κ3) is 3.51. The Balaban J connectivity index is 2.19. The van der Waals surface area contributed by atoms with Crippen molar-refractivity contribution in [2.45, 2.75) is 17.4 Å². The van der Waals surface area contributed by atoms with E-state index in [1.165, 1.54) is 7.11 Å². The first kappa shape index (κ1) is 16.2. The lowest BCUT2D eigenvalue weighted by Gasteiger charge is -2.07. The second-order valence-electron chi connectivity index (χ2n) is 4.23. The fourth-order valence-electron chi connectivity index (χ4n) is 1.71. The zero-order valence-corrected chi connectivity index (χ0v) is 13.5. The molecule has 0 aliphatic rings. The lowest BCUT2D eigenvalue weighted by atomic mass is 10.2. The Morgan fingerprint density at radius 1 is 1.18 bits per heavy atom. The Morgan fingerprint density at radius 2 is 1.91 bits per heavy atom. The third-order valence-corrected chi connectivity index (χ3v) is 3.76. The molecule has 1 unspecified atom stereocenters. The molecule has 0 saturated heterocycles. The molecule has 0 aliphatic carbocycles. The van der Waals surface area contributed by atoms with E-state index >= 15 is 0 Å². The lowest BCUT2D eigenvalue weighted by molar-refractivity contribution is -0.139. The van der Waals surface area contributed by atoms with Gasteiger partial charge in [0.25, 0.3) is 5.22 Å². The number of rotatable bonds is 6. The highest BCUT2D eigenvalue weighted by atomic mass is 32.2. The Bertz CT molecular complexity index is 658. The van der Waals surface area contributed by atoms with Gasteiger partial charge in [-0.1, -0.05) is 11.8 Å². The van der Waals surface area contributed by atoms with Crippen LogP contribution in [0.4, 0.5) is 0 Å².